The van der Waals surface area contributed by atoms with Crippen LogP contribution >= 0.6 is 0 Å². The first-order valence-electron chi connectivity index (χ1n) is 11.9. The van der Waals surface area contributed by atoms with Gasteiger partial charge < -0.3 is 25.6 Å². The third kappa shape index (κ3) is 7.13. The van der Waals surface area contributed by atoms with Crippen LogP contribution in [0.4, 0.5) is 8.78 Å². The zero-order valence-electron chi connectivity index (χ0n) is 21.3. The number of hydrogen-bond donors (Lipinski definition) is 3. The number of rotatable bonds is 11. The molecular weight excluding hydrogens is 496 g/mol. The van der Waals surface area contributed by atoms with E-state index in [1.165, 1.54) is 0 Å². The first-order chi connectivity index (χ1) is 18.1. The molecule has 0 aliphatic rings. The smallest absolute Gasteiger partial charge is 0.344 e. The van der Waals surface area contributed by atoms with Gasteiger partial charge >= 0.3 is 5.97 Å². The molecule has 0 saturated heterocycles. The van der Waals surface area contributed by atoms with Gasteiger partial charge in [0.1, 0.15) is 5.75 Å². The minimum absolute atomic E-state index is 0.0374. The maximum atomic E-state index is 14.6. The SMILES string of the molecule is CC=C(C)C(=O)NCc1cc(Oc2nc(OC(CC)C(=O)O)c(F)cc2F)cc(-c2cccc(CN)c2)c1. The van der Waals surface area contributed by atoms with E-state index in [1.54, 1.807) is 39.0 Å². The molecule has 0 aliphatic carbocycles. The van der Waals surface area contributed by atoms with Gasteiger partial charge in [0.05, 0.1) is 0 Å². The van der Waals surface area contributed by atoms with Gasteiger partial charge in [-0.15, -0.1) is 0 Å². The minimum Gasteiger partial charge on any atom is -0.479 e. The molecule has 8 nitrogen and oxygen atoms in total. The average Bonchev–Trinajstić information content (AvgIpc) is 2.91. The molecule has 1 unspecified atom stereocenters. The number of hydrogen-bond acceptors (Lipinski definition) is 6. The van der Waals surface area contributed by atoms with Gasteiger partial charge in [-0.3, -0.25) is 4.79 Å². The molecule has 38 heavy (non-hydrogen) atoms. The molecular formula is C28H29F2N3O5. The van der Waals surface area contributed by atoms with Crippen LogP contribution in [0.25, 0.3) is 11.1 Å². The number of carboxylic acid groups (broad SMARTS) is 1. The Hall–Kier alpha value is -4.31. The largest absolute Gasteiger partial charge is 0.479 e. The van der Waals surface area contributed by atoms with Gasteiger partial charge in [-0.2, -0.15) is 4.98 Å². The number of ether oxygens (including phenoxy) is 2. The van der Waals surface area contributed by atoms with Crippen LogP contribution in [0.1, 0.15) is 38.3 Å². The Balaban J connectivity index is 2.00. The molecule has 10 heteroatoms. The number of nitrogens with two attached hydrogens (primary N) is 1. The summed E-state index contributed by atoms with van der Waals surface area (Å²) in [5.74, 6) is -4.97. The number of halogens is 2. The molecule has 3 aromatic rings. The van der Waals surface area contributed by atoms with Gasteiger partial charge in [0.15, 0.2) is 17.7 Å². The summed E-state index contributed by atoms with van der Waals surface area (Å²) in [7, 11) is 0. The monoisotopic (exact) mass is 525 g/mol. The van der Waals surface area contributed by atoms with E-state index < -0.39 is 35.5 Å². The molecule has 0 bridgehead atoms. The van der Waals surface area contributed by atoms with Crippen LogP contribution in [0.2, 0.25) is 0 Å². The van der Waals surface area contributed by atoms with Crippen molar-refractivity contribution >= 4 is 11.9 Å². The lowest BCUT2D eigenvalue weighted by molar-refractivity contribution is -0.145. The number of carbonyl (C=O) groups is 2. The van der Waals surface area contributed by atoms with E-state index in [0.717, 1.165) is 11.1 Å². The molecule has 1 aromatic heterocycles. The van der Waals surface area contributed by atoms with Gasteiger partial charge in [-0.25, -0.2) is 13.6 Å². The van der Waals surface area contributed by atoms with Crippen LogP contribution in [-0.4, -0.2) is 28.1 Å². The number of aromatic nitrogens is 1. The molecule has 0 aliphatic heterocycles. The Labute approximate surface area is 219 Å². The molecule has 1 amide bonds. The molecule has 0 saturated carbocycles. The van der Waals surface area contributed by atoms with Gasteiger partial charge in [0.2, 0.25) is 5.91 Å². The van der Waals surface area contributed by atoms with Gasteiger partial charge in [-0.05, 0) is 66.8 Å². The van der Waals surface area contributed by atoms with Crippen LogP contribution in [0.5, 0.6) is 17.5 Å². The van der Waals surface area contributed by atoms with Gasteiger partial charge in [0, 0.05) is 24.7 Å². The van der Waals surface area contributed by atoms with Crippen LogP contribution in [-0.2, 0) is 22.7 Å². The Morgan fingerprint density at radius 3 is 2.45 bits per heavy atom. The minimum atomic E-state index is -1.37. The standard InChI is InChI=1S/C28H29F2N3O5/c1-4-16(3)25(34)32-15-18-10-20(19-8-6-7-17(9-19)14-31)12-21(11-18)37-26-22(29)13-23(30)27(33-26)38-24(5-2)28(35)36/h4,6-13,24H,5,14-15,31H2,1-3H3,(H,32,34)(H,35,36). The van der Waals surface area contributed by atoms with Crippen LogP contribution in [0.3, 0.4) is 0 Å². The summed E-state index contributed by atoms with van der Waals surface area (Å²) in [6.45, 7) is 5.47. The zero-order chi connectivity index (χ0) is 27.8. The number of carbonyl (C=O) groups excluding carboxylic acids is 1. The summed E-state index contributed by atoms with van der Waals surface area (Å²) in [6, 6.07) is 13.1. The second-order valence-electron chi connectivity index (χ2n) is 8.44. The van der Waals surface area contributed by atoms with Crippen molar-refractivity contribution in [3.05, 3.63) is 82.9 Å². The summed E-state index contributed by atoms with van der Waals surface area (Å²) in [5.41, 5.74) is 9.36. The van der Waals surface area contributed by atoms with Crippen molar-refractivity contribution in [2.24, 2.45) is 5.73 Å². The van der Waals surface area contributed by atoms with Crippen molar-refractivity contribution in [1.82, 2.24) is 10.3 Å². The zero-order valence-corrected chi connectivity index (χ0v) is 21.3. The van der Waals surface area contributed by atoms with Crippen molar-refractivity contribution in [1.29, 1.82) is 0 Å². The fourth-order valence-corrected chi connectivity index (χ4v) is 3.46. The summed E-state index contributed by atoms with van der Waals surface area (Å²) in [4.78, 5) is 27.3. The predicted molar refractivity (Wildman–Crippen MR) is 138 cm³/mol. The number of pyridine rings is 1. The average molecular weight is 526 g/mol. The highest BCUT2D eigenvalue weighted by atomic mass is 19.1. The Morgan fingerprint density at radius 1 is 1.08 bits per heavy atom. The van der Waals surface area contributed by atoms with Crippen molar-refractivity contribution in [2.75, 3.05) is 0 Å². The molecule has 200 valence electrons. The van der Waals surface area contributed by atoms with Gasteiger partial charge in [-0.1, -0.05) is 31.2 Å². The summed E-state index contributed by atoms with van der Waals surface area (Å²) < 4.78 is 39.7. The molecule has 0 spiro atoms. The van der Waals surface area contributed by atoms with Crippen molar-refractivity contribution < 1.29 is 33.0 Å². The van der Waals surface area contributed by atoms with E-state index in [0.29, 0.717) is 29.3 Å². The van der Waals surface area contributed by atoms with E-state index in [2.05, 4.69) is 10.3 Å². The van der Waals surface area contributed by atoms with Crippen LogP contribution in [0, 0.1) is 11.6 Å². The maximum absolute atomic E-state index is 14.6. The highest BCUT2D eigenvalue weighted by Crippen LogP contribution is 2.32. The third-order valence-corrected chi connectivity index (χ3v) is 5.69. The lowest BCUT2D eigenvalue weighted by Gasteiger charge is -2.15. The second-order valence-corrected chi connectivity index (χ2v) is 8.44. The normalized spacial score (nSPS) is 12.1. The van der Waals surface area contributed by atoms with Crippen LogP contribution < -0.4 is 20.5 Å². The fourth-order valence-electron chi connectivity index (χ4n) is 3.46. The third-order valence-electron chi connectivity index (χ3n) is 5.69. The molecule has 0 radical (unpaired) electrons. The lowest BCUT2D eigenvalue weighted by atomic mass is 10.0. The Bertz CT molecular complexity index is 1360. The summed E-state index contributed by atoms with van der Waals surface area (Å²) in [5, 5.41) is 12.0. The Morgan fingerprint density at radius 2 is 1.79 bits per heavy atom. The highest BCUT2D eigenvalue weighted by Gasteiger charge is 2.22. The number of nitrogens with zero attached hydrogens (tertiary/aromatic N) is 1. The Kier molecular flexibility index (Phi) is 9.50. The predicted octanol–water partition coefficient (Wildman–Crippen LogP) is 5.10. The topological polar surface area (TPSA) is 124 Å². The quantitative estimate of drug-likeness (QED) is 0.298. The first kappa shape index (κ1) is 28.3. The second kappa shape index (κ2) is 12.8. The number of allylic oxidation sites excluding steroid dienone is 1. The van der Waals surface area contributed by atoms with Crippen LogP contribution in [0.15, 0.2) is 60.2 Å². The first-order valence-corrected chi connectivity index (χ1v) is 11.9. The number of carboxylic acids is 1. The molecule has 0 fully saturated rings. The number of aliphatic carboxylic acids is 1. The van der Waals surface area contributed by atoms with E-state index >= 15 is 0 Å². The molecule has 3 rings (SSSR count). The van der Waals surface area contributed by atoms with E-state index in [4.69, 9.17) is 15.2 Å². The van der Waals surface area contributed by atoms with Crippen molar-refractivity contribution in [2.45, 2.75) is 46.4 Å². The number of benzene rings is 2. The maximum Gasteiger partial charge on any atom is 0.344 e. The summed E-state index contributed by atoms with van der Waals surface area (Å²) in [6.07, 6.45) is 0.356. The summed E-state index contributed by atoms with van der Waals surface area (Å²) >= 11 is 0. The number of amides is 1. The van der Waals surface area contributed by atoms with E-state index in [9.17, 15) is 23.5 Å². The van der Waals surface area contributed by atoms with Gasteiger partial charge in [0.25, 0.3) is 11.8 Å². The molecule has 1 heterocycles. The fraction of sp³-hybridized carbons (Fsp3) is 0.250. The lowest BCUT2D eigenvalue weighted by Crippen LogP contribution is -2.26. The number of nitrogens with one attached hydrogen (secondary N) is 1. The molecule has 1 atom stereocenters. The molecule has 2 aromatic carbocycles. The van der Waals surface area contributed by atoms with E-state index in [-0.39, 0.29) is 24.6 Å². The van der Waals surface area contributed by atoms with Crippen molar-refractivity contribution in [3.8, 4) is 28.6 Å². The highest BCUT2D eigenvalue weighted by molar-refractivity contribution is 5.92. The van der Waals surface area contributed by atoms with Crippen molar-refractivity contribution in [3.63, 3.8) is 0 Å². The molecule has 4 N–H and O–H groups in total. The van der Waals surface area contributed by atoms with E-state index in [1.807, 2.05) is 30.3 Å².